The zero-order valence-electron chi connectivity index (χ0n) is 12.7. The first-order chi connectivity index (χ1) is 10.6. The number of quaternary nitrogens is 1. The van der Waals surface area contributed by atoms with E-state index in [-0.39, 0.29) is 5.91 Å². The van der Waals surface area contributed by atoms with Crippen LogP contribution >= 0.6 is 11.6 Å². The number of likely N-dealkylation sites (N-methyl/N-ethyl adjacent to an activating group) is 1. The van der Waals surface area contributed by atoms with Crippen molar-refractivity contribution in [3.8, 4) is 5.75 Å². The summed E-state index contributed by atoms with van der Waals surface area (Å²) in [7, 11) is 3.64. The van der Waals surface area contributed by atoms with Crippen LogP contribution in [0.3, 0.4) is 0 Å². The molecule has 0 aromatic heterocycles. The van der Waals surface area contributed by atoms with Crippen LogP contribution < -0.4 is 15.0 Å². The molecule has 5 heteroatoms. The standard InChI is InChI=1S/C17H19ClN2O2/c1-20(11-13-3-9-16(22-2)10-4-13)12-17(21)19-15-7-5-14(18)6-8-15/h3-10H,11-12H2,1-2H3,(H,19,21)/p+1. The van der Waals surface area contributed by atoms with Gasteiger partial charge >= 0.3 is 0 Å². The zero-order chi connectivity index (χ0) is 15.9. The molecule has 2 rings (SSSR count). The van der Waals surface area contributed by atoms with Crippen molar-refractivity contribution in [2.24, 2.45) is 0 Å². The normalized spacial score (nSPS) is 11.8. The lowest BCUT2D eigenvalue weighted by Crippen LogP contribution is -3.08. The van der Waals surface area contributed by atoms with E-state index >= 15 is 0 Å². The molecule has 1 unspecified atom stereocenters. The molecule has 0 aliphatic heterocycles. The molecule has 0 bridgehead atoms. The molecule has 4 nitrogen and oxygen atoms in total. The Morgan fingerprint density at radius 1 is 1.14 bits per heavy atom. The summed E-state index contributed by atoms with van der Waals surface area (Å²) in [5.41, 5.74) is 1.92. The highest BCUT2D eigenvalue weighted by Crippen LogP contribution is 2.13. The molecule has 0 aliphatic rings. The fourth-order valence-electron chi connectivity index (χ4n) is 2.17. The van der Waals surface area contributed by atoms with E-state index in [1.807, 2.05) is 31.3 Å². The molecule has 2 N–H and O–H groups in total. The van der Waals surface area contributed by atoms with E-state index in [1.54, 1.807) is 31.4 Å². The van der Waals surface area contributed by atoms with Gasteiger partial charge in [-0.3, -0.25) is 4.79 Å². The number of anilines is 1. The Bertz CT molecular complexity index is 612. The summed E-state index contributed by atoms with van der Waals surface area (Å²) in [5, 5.41) is 3.52. The molecule has 0 radical (unpaired) electrons. The van der Waals surface area contributed by atoms with Crippen LogP contribution in [-0.2, 0) is 11.3 Å². The minimum atomic E-state index is -0.0201. The molecule has 0 heterocycles. The van der Waals surface area contributed by atoms with Gasteiger partial charge in [-0.1, -0.05) is 11.6 Å². The van der Waals surface area contributed by atoms with Crippen LogP contribution in [0.5, 0.6) is 5.75 Å². The van der Waals surface area contributed by atoms with Crippen molar-refractivity contribution >= 4 is 23.2 Å². The van der Waals surface area contributed by atoms with E-state index in [9.17, 15) is 4.79 Å². The number of ether oxygens (including phenoxy) is 1. The van der Waals surface area contributed by atoms with Crippen LogP contribution in [-0.4, -0.2) is 26.6 Å². The maximum atomic E-state index is 12.0. The van der Waals surface area contributed by atoms with Gasteiger partial charge in [0.2, 0.25) is 0 Å². The minimum absolute atomic E-state index is 0.0201. The summed E-state index contributed by atoms with van der Waals surface area (Å²) in [6, 6.07) is 15.0. The van der Waals surface area contributed by atoms with Gasteiger partial charge < -0.3 is 15.0 Å². The fourth-order valence-corrected chi connectivity index (χ4v) is 2.29. The second kappa shape index (κ2) is 7.82. The highest BCUT2D eigenvalue weighted by atomic mass is 35.5. The smallest absolute Gasteiger partial charge is 0.279 e. The number of benzene rings is 2. The average molecular weight is 320 g/mol. The molecule has 0 saturated heterocycles. The average Bonchev–Trinajstić information content (AvgIpc) is 2.50. The Morgan fingerprint density at radius 3 is 2.36 bits per heavy atom. The number of nitrogens with one attached hydrogen (secondary N) is 2. The number of amides is 1. The van der Waals surface area contributed by atoms with Crippen LogP contribution in [0, 0.1) is 0 Å². The first kappa shape index (κ1) is 16.3. The molecule has 2 aromatic rings. The second-order valence-electron chi connectivity index (χ2n) is 5.21. The van der Waals surface area contributed by atoms with Crippen molar-refractivity contribution < 1.29 is 14.4 Å². The van der Waals surface area contributed by atoms with Gasteiger partial charge in [0.15, 0.2) is 6.54 Å². The SMILES string of the molecule is COc1ccc(C[NH+](C)CC(=O)Nc2ccc(Cl)cc2)cc1. The number of hydrogen-bond acceptors (Lipinski definition) is 2. The maximum Gasteiger partial charge on any atom is 0.279 e. The molecule has 2 aromatic carbocycles. The van der Waals surface area contributed by atoms with Crippen molar-refractivity contribution in [2.75, 3.05) is 26.0 Å². The number of methoxy groups -OCH3 is 1. The predicted octanol–water partition coefficient (Wildman–Crippen LogP) is 2.00. The Morgan fingerprint density at radius 2 is 1.77 bits per heavy atom. The first-order valence-electron chi connectivity index (χ1n) is 7.06. The van der Waals surface area contributed by atoms with Crippen molar-refractivity contribution in [1.29, 1.82) is 0 Å². The molecular formula is C17H20ClN2O2+. The Balaban J connectivity index is 1.83. The van der Waals surface area contributed by atoms with Gasteiger partial charge in [-0.2, -0.15) is 0 Å². The molecule has 0 aliphatic carbocycles. The van der Waals surface area contributed by atoms with Gasteiger partial charge in [0.1, 0.15) is 12.3 Å². The lowest BCUT2D eigenvalue weighted by Gasteiger charge is -2.14. The molecule has 0 saturated carbocycles. The summed E-state index contributed by atoms with van der Waals surface area (Å²) in [5.74, 6) is 0.815. The molecule has 116 valence electrons. The zero-order valence-corrected chi connectivity index (χ0v) is 13.5. The topological polar surface area (TPSA) is 42.8 Å². The van der Waals surface area contributed by atoms with Gasteiger partial charge in [-0.25, -0.2) is 0 Å². The van der Waals surface area contributed by atoms with Gasteiger partial charge in [0.05, 0.1) is 14.2 Å². The third-order valence-electron chi connectivity index (χ3n) is 3.26. The van der Waals surface area contributed by atoms with E-state index in [4.69, 9.17) is 16.3 Å². The Kier molecular flexibility index (Phi) is 5.81. The second-order valence-corrected chi connectivity index (χ2v) is 5.65. The van der Waals surface area contributed by atoms with E-state index < -0.39 is 0 Å². The number of halogens is 1. The number of hydrogen-bond donors (Lipinski definition) is 2. The largest absolute Gasteiger partial charge is 0.497 e. The molecular weight excluding hydrogens is 300 g/mol. The summed E-state index contributed by atoms with van der Waals surface area (Å²) >= 11 is 5.82. The van der Waals surface area contributed by atoms with Gasteiger partial charge in [-0.05, 0) is 48.5 Å². The van der Waals surface area contributed by atoms with E-state index in [0.29, 0.717) is 11.6 Å². The molecule has 1 amide bonds. The third-order valence-corrected chi connectivity index (χ3v) is 3.51. The fraction of sp³-hybridized carbons (Fsp3) is 0.235. The van der Waals surface area contributed by atoms with Crippen molar-refractivity contribution in [1.82, 2.24) is 0 Å². The summed E-state index contributed by atoms with van der Waals surface area (Å²) in [6.45, 7) is 1.17. The highest BCUT2D eigenvalue weighted by Gasteiger charge is 2.11. The summed E-state index contributed by atoms with van der Waals surface area (Å²) in [6.07, 6.45) is 0. The van der Waals surface area contributed by atoms with Crippen molar-refractivity contribution in [3.63, 3.8) is 0 Å². The van der Waals surface area contributed by atoms with E-state index in [1.165, 1.54) is 0 Å². The molecule has 22 heavy (non-hydrogen) atoms. The van der Waals surface area contributed by atoms with Crippen molar-refractivity contribution in [3.05, 3.63) is 59.1 Å². The predicted molar refractivity (Wildman–Crippen MR) is 88.5 cm³/mol. The van der Waals surface area contributed by atoms with Gasteiger partial charge in [-0.15, -0.1) is 0 Å². The lowest BCUT2D eigenvalue weighted by atomic mass is 10.2. The number of carbonyl (C=O) groups excluding carboxylic acids is 1. The maximum absolute atomic E-state index is 12.0. The quantitative estimate of drug-likeness (QED) is 0.855. The number of rotatable bonds is 6. The monoisotopic (exact) mass is 319 g/mol. The van der Waals surface area contributed by atoms with E-state index in [0.717, 1.165) is 28.4 Å². The first-order valence-corrected chi connectivity index (χ1v) is 7.44. The van der Waals surface area contributed by atoms with Crippen LogP contribution in [0.15, 0.2) is 48.5 Å². The molecule has 0 fully saturated rings. The van der Waals surface area contributed by atoms with Gasteiger partial charge in [0, 0.05) is 16.3 Å². The summed E-state index contributed by atoms with van der Waals surface area (Å²) < 4.78 is 5.13. The molecule has 1 atom stereocenters. The van der Waals surface area contributed by atoms with Crippen LogP contribution in [0.1, 0.15) is 5.56 Å². The third kappa shape index (κ3) is 5.06. The highest BCUT2D eigenvalue weighted by molar-refractivity contribution is 6.30. The summed E-state index contributed by atoms with van der Waals surface area (Å²) in [4.78, 5) is 13.1. The lowest BCUT2D eigenvalue weighted by molar-refractivity contribution is -0.885. The van der Waals surface area contributed by atoms with Crippen molar-refractivity contribution in [2.45, 2.75) is 6.54 Å². The Labute approximate surface area is 135 Å². The van der Waals surface area contributed by atoms with Gasteiger partial charge in [0.25, 0.3) is 5.91 Å². The molecule has 0 spiro atoms. The Hall–Kier alpha value is -2.04. The van der Waals surface area contributed by atoms with E-state index in [2.05, 4.69) is 5.32 Å². The minimum Gasteiger partial charge on any atom is -0.497 e. The van der Waals surface area contributed by atoms with Crippen LogP contribution in [0.25, 0.3) is 0 Å². The van der Waals surface area contributed by atoms with Crippen LogP contribution in [0.4, 0.5) is 5.69 Å². The number of carbonyl (C=O) groups is 1. The van der Waals surface area contributed by atoms with Crippen LogP contribution in [0.2, 0.25) is 5.02 Å².